The summed E-state index contributed by atoms with van der Waals surface area (Å²) < 4.78 is 4.81. The molecule has 0 heterocycles. The van der Waals surface area contributed by atoms with E-state index in [0.29, 0.717) is 5.70 Å². The SMILES string of the molecule is C/C(=C/C(=O)OCCC#N)Nc1ccccc1. The zero-order chi connectivity index (χ0) is 12.5. The molecule has 1 aromatic rings. The van der Waals surface area contributed by atoms with Crippen molar-refractivity contribution in [3.63, 3.8) is 0 Å². The molecular formula is C13H14N2O2. The summed E-state index contributed by atoms with van der Waals surface area (Å²) in [5.74, 6) is -0.443. The predicted molar refractivity (Wildman–Crippen MR) is 65.0 cm³/mol. The van der Waals surface area contributed by atoms with E-state index in [0.717, 1.165) is 5.69 Å². The summed E-state index contributed by atoms with van der Waals surface area (Å²) in [4.78, 5) is 11.3. The molecule has 1 aromatic carbocycles. The molecule has 0 radical (unpaired) electrons. The third-order valence-electron chi connectivity index (χ3n) is 1.91. The van der Waals surface area contributed by atoms with Gasteiger partial charge < -0.3 is 10.1 Å². The van der Waals surface area contributed by atoms with Gasteiger partial charge in [-0.3, -0.25) is 0 Å². The van der Waals surface area contributed by atoms with E-state index in [9.17, 15) is 4.79 Å². The van der Waals surface area contributed by atoms with Gasteiger partial charge in [-0.25, -0.2) is 4.79 Å². The Morgan fingerprint density at radius 2 is 2.18 bits per heavy atom. The number of nitrogens with one attached hydrogen (secondary N) is 1. The van der Waals surface area contributed by atoms with E-state index in [-0.39, 0.29) is 13.0 Å². The molecule has 1 rings (SSSR count). The Labute approximate surface area is 101 Å². The molecule has 0 fully saturated rings. The number of rotatable bonds is 5. The first-order valence-electron chi connectivity index (χ1n) is 5.26. The largest absolute Gasteiger partial charge is 0.461 e. The minimum atomic E-state index is -0.443. The van der Waals surface area contributed by atoms with E-state index in [1.807, 2.05) is 36.4 Å². The van der Waals surface area contributed by atoms with Crippen LogP contribution >= 0.6 is 0 Å². The van der Waals surface area contributed by atoms with Crippen molar-refractivity contribution in [3.8, 4) is 6.07 Å². The Balaban J connectivity index is 2.44. The van der Waals surface area contributed by atoms with E-state index < -0.39 is 5.97 Å². The van der Waals surface area contributed by atoms with Gasteiger partial charge in [0.15, 0.2) is 0 Å². The van der Waals surface area contributed by atoms with Gasteiger partial charge in [-0.2, -0.15) is 5.26 Å². The second-order valence-corrected chi connectivity index (χ2v) is 3.39. The van der Waals surface area contributed by atoms with Crippen molar-refractivity contribution in [1.82, 2.24) is 0 Å². The molecule has 0 aliphatic carbocycles. The van der Waals surface area contributed by atoms with Crippen LogP contribution in [0.15, 0.2) is 42.1 Å². The summed E-state index contributed by atoms with van der Waals surface area (Å²) >= 11 is 0. The van der Waals surface area contributed by atoms with E-state index in [1.54, 1.807) is 6.92 Å². The molecule has 0 unspecified atom stereocenters. The molecule has 4 nitrogen and oxygen atoms in total. The molecule has 0 saturated heterocycles. The molecule has 0 amide bonds. The fourth-order valence-electron chi connectivity index (χ4n) is 1.20. The highest BCUT2D eigenvalue weighted by atomic mass is 16.5. The first-order valence-corrected chi connectivity index (χ1v) is 5.26. The zero-order valence-electron chi connectivity index (χ0n) is 9.64. The summed E-state index contributed by atoms with van der Waals surface area (Å²) in [5.41, 5.74) is 1.60. The molecule has 0 aliphatic rings. The Kier molecular flexibility index (Phi) is 5.32. The summed E-state index contributed by atoms with van der Waals surface area (Å²) in [6, 6.07) is 11.4. The third kappa shape index (κ3) is 5.38. The Hall–Kier alpha value is -2.28. The van der Waals surface area contributed by atoms with Gasteiger partial charge in [0.2, 0.25) is 0 Å². The number of para-hydroxylation sites is 1. The fourth-order valence-corrected chi connectivity index (χ4v) is 1.20. The second-order valence-electron chi connectivity index (χ2n) is 3.39. The lowest BCUT2D eigenvalue weighted by molar-refractivity contribution is -0.137. The van der Waals surface area contributed by atoms with E-state index >= 15 is 0 Å². The Morgan fingerprint density at radius 1 is 1.47 bits per heavy atom. The van der Waals surface area contributed by atoms with Crippen LogP contribution in [0.4, 0.5) is 5.69 Å². The molecule has 0 aliphatic heterocycles. The average molecular weight is 230 g/mol. The van der Waals surface area contributed by atoms with Crippen molar-refractivity contribution in [1.29, 1.82) is 5.26 Å². The molecule has 0 saturated carbocycles. The number of hydrogen-bond acceptors (Lipinski definition) is 4. The van der Waals surface area contributed by atoms with E-state index in [4.69, 9.17) is 10.00 Å². The maximum Gasteiger partial charge on any atom is 0.332 e. The highest BCUT2D eigenvalue weighted by Gasteiger charge is 1.99. The van der Waals surface area contributed by atoms with Crippen LogP contribution in [0.1, 0.15) is 13.3 Å². The molecule has 1 N–H and O–H groups in total. The first-order chi connectivity index (χ1) is 8.22. The molecule has 0 aromatic heterocycles. The van der Waals surface area contributed by atoms with Crippen LogP contribution in [-0.2, 0) is 9.53 Å². The van der Waals surface area contributed by atoms with Crippen molar-refractivity contribution >= 4 is 11.7 Å². The van der Waals surface area contributed by atoms with Crippen LogP contribution < -0.4 is 5.32 Å². The first kappa shape index (κ1) is 12.8. The lowest BCUT2D eigenvalue weighted by Crippen LogP contribution is -2.05. The number of nitrogens with zero attached hydrogens (tertiary/aromatic N) is 1. The number of carbonyl (C=O) groups excluding carboxylic acids is 1. The van der Waals surface area contributed by atoms with Crippen LogP contribution in [0.5, 0.6) is 0 Å². The monoisotopic (exact) mass is 230 g/mol. The number of benzene rings is 1. The molecule has 0 spiro atoms. The maximum absolute atomic E-state index is 11.3. The molecule has 0 atom stereocenters. The zero-order valence-corrected chi connectivity index (χ0v) is 9.64. The number of nitriles is 1. The minimum absolute atomic E-state index is 0.129. The van der Waals surface area contributed by atoms with Gasteiger partial charge in [-0.05, 0) is 19.1 Å². The van der Waals surface area contributed by atoms with Crippen LogP contribution in [0.25, 0.3) is 0 Å². The second kappa shape index (κ2) is 7.07. The van der Waals surface area contributed by atoms with Gasteiger partial charge in [0.25, 0.3) is 0 Å². The smallest absolute Gasteiger partial charge is 0.332 e. The summed E-state index contributed by atoms with van der Waals surface area (Å²) in [7, 11) is 0. The highest BCUT2D eigenvalue weighted by molar-refractivity contribution is 5.83. The van der Waals surface area contributed by atoms with Gasteiger partial charge in [0.05, 0.1) is 12.5 Å². The van der Waals surface area contributed by atoms with Crippen LogP contribution in [0, 0.1) is 11.3 Å². The quantitative estimate of drug-likeness (QED) is 0.479. The molecular weight excluding hydrogens is 216 g/mol. The number of esters is 1. The molecule has 0 bridgehead atoms. The summed E-state index contributed by atoms with van der Waals surface area (Å²) in [5, 5.41) is 11.3. The highest BCUT2D eigenvalue weighted by Crippen LogP contribution is 2.08. The van der Waals surface area contributed by atoms with Gasteiger partial charge in [-0.1, -0.05) is 18.2 Å². The molecule has 4 heteroatoms. The van der Waals surface area contributed by atoms with Gasteiger partial charge in [0, 0.05) is 17.5 Å². The maximum atomic E-state index is 11.3. The lowest BCUT2D eigenvalue weighted by Gasteiger charge is -2.05. The van der Waals surface area contributed by atoms with Crippen LogP contribution in [0.2, 0.25) is 0 Å². The molecule has 17 heavy (non-hydrogen) atoms. The van der Waals surface area contributed by atoms with E-state index in [2.05, 4.69) is 5.32 Å². The predicted octanol–water partition coefficient (Wildman–Crippen LogP) is 2.46. The number of ether oxygens (including phenoxy) is 1. The number of hydrogen-bond donors (Lipinski definition) is 1. The normalized spacial score (nSPS) is 10.5. The van der Waals surface area contributed by atoms with Gasteiger partial charge in [0.1, 0.15) is 6.61 Å². The van der Waals surface area contributed by atoms with E-state index in [1.165, 1.54) is 6.08 Å². The van der Waals surface area contributed by atoms with Gasteiger partial charge in [-0.15, -0.1) is 0 Å². The molecule has 88 valence electrons. The van der Waals surface area contributed by atoms with Crippen LogP contribution in [-0.4, -0.2) is 12.6 Å². The van der Waals surface area contributed by atoms with Crippen molar-refractivity contribution in [2.45, 2.75) is 13.3 Å². The summed E-state index contributed by atoms with van der Waals surface area (Å²) in [6.45, 7) is 1.91. The minimum Gasteiger partial charge on any atom is -0.461 e. The van der Waals surface area contributed by atoms with Crippen molar-refractivity contribution < 1.29 is 9.53 Å². The van der Waals surface area contributed by atoms with Crippen molar-refractivity contribution in [3.05, 3.63) is 42.1 Å². The Morgan fingerprint density at radius 3 is 2.82 bits per heavy atom. The van der Waals surface area contributed by atoms with Crippen molar-refractivity contribution in [2.24, 2.45) is 0 Å². The van der Waals surface area contributed by atoms with Crippen LogP contribution in [0.3, 0.4) is 0 Å². The number of carbonyl (C=O) groups is 1. The van der Waals surface area contributed by atoms with Gasteiger partial charge >= 0.3 is 5.97 Å². The third-order valence-corrected chi connectivity index (χ3v) is 1.91. The number of anilines is 1. The average Bonchev–Trinajstić information content (AvgIpc) is 2.30. The lowest BCUT2D eigenvalue weighted by atomic mass is 10.3. The number of allylic oxidation sites excluding steroid dienone is 1. The Bertz CT molecular complexity index is 432. The fraction of sp³-hybridized carbons (Fsp3) is 0.231. The standard InChI is InChI=1S/C13H14N2O2/c1-11(10-13(16)17-9-5-8-14)15-12-6-3-2-4-7-12/h2-4,6-7,10,15H,5,9H2,1H3/b11-10-. The topological polar surface area (TPSA) is 62.1 Å². The summed E-state index contributed by atoms with van der Waals surface area (Å²) in [6.07, 6.45) is 1.58. The van der Waals surface area contributed by atoms with Crippen molar-refractivity contribution in [2.75, 3.05) is 11.9 Å².